The average Bonchev–Trinajstić information content (AvgIpc) is 3.10. The number of amides is 1. The third-order valence-corrected chi connectivity index (χ3v) is 8.28. The first-order valence-electron chi connectivity index (χ1n) is 16.8. The van der Waals surface area contributed by atoms with Gasteiger partial charge in [-0.3, -0.25) is 10.2 Å². The molecule has 1 saturated carbocycles. The van der Waals surface area contributed by atoms with Gasteiger partial charge in [-0.1, -0.05) is 126 Å². The van der Waals surface area contributed by atoms with E-state index in [1.807, 2.05) is 66.7 Å². The van der Waals surface area contributed by atoms with Crippen molar-refractivity contribution in [2.45, 2.75) is 83.2 Å². The number of rotatable bonds is 17. The van der Waals surface area contributed by atoms with E-state index >= 15 is 0 Å². The van der Waals surface area contributed by atoms with Gasteiger partial charge in [-0.15, -0.1) is 0 Å². The van der Waals surface area contributed by atoms with Gasteiger partial charge in [-0.2, -0.15) is 0 Å². The predicted molar refractivity (Wildman–Crippen MR) is 203 cm³/mol. The van der Waals surface area contributed by atoms with Crippen LogP contribution in [0.25, 0.3) is 0 Å². The summed E-state index contributed by atoms with van der Waals surface area (Å²) in [6.45, 7) is 21.4. The van der Waals surface area contributed by atoms with Gasteiger partial charge in [0.1, 0.15) is 0 Å². The van der Waals surface area contributed by atoms with E-state index in [4.69, 9.17) is 21.7 Å². The van der Waals surface area contributed by atoms with Crippen molar-refractivity contribution in [3.63, 3.8) is 0 Å². The van der Waals surface area contributed by atoms with Crippen LogP contribution in [0.1, 0.15) is 76.7 Å². The molecule has 8 nitrogen and oxygen atoms in total. The van der Waals surface area contributed by atoms with Gasteiger partial charge in [-0.05, 0) is 67.5 Å². The molecule has 2 aromatic carbocycles. The van der Waals surface area contributed by atoms with Gasteiger partial charge in [0.05, 0.1) is 17.8 Å². The van der Waals surface area contributed by atoms with Crippen molar-refractivity contribution in [1.82, 2.24) is 16.0 Å². The molecule has 1 aliphatic carbocycles. The number of carbonyl (C=O) groups is 1. The second-order valence-corrected chi connectivity index (χ2v) is 11.7. The van der Waals surface area contributed by atoms with Crippen LogP contribution in [0.2, 0.25) is 0 Å². The molecule has 0 aromatic heterocycles. The fraction of sp³-hybridized carbons (Fsp3) is 0.436. The number of nitrogens with one attached hydrogen (secondary N) is 4. The van der Waals surface area contributed by atoms with Gasteiger partial charge < -0.3 is 33.2 Å². The van der Waals surface area contributed by atoms with Crippen LogP contribution in [0.4, 0.5) is 0 Å². The zero-order valence-electron chi connectivity index (χ0n) is 29.0. The number of benzene rings is 2. The second-order valence-electron chi connectivity index (χ2n) is 11.7. The van der Waals surface area contributed by atoms with Gasteiger partial charge in [0.2, 0.25) is 6.41 Å². The number of amidine groups is 1. The van der Waals surface area contributed by atoms with Gasteiger partial charge >= 0.3 is 0 Å². The van der Waals surface area contributed by atoms with Crippen LogP contribution >= 0.6 is 0 Å². The van der Waals surface area contributed by atoms with E-state index < -0.39 is 0 Å². The van der Waals surface area contributed by atoms with Crippen LogP contribution in [0.5, 0.6) is 0 Å². The van der Waals surface area contributed by atoms with Crippen molar-refractivity contribution in [3.05, 3.63) is 122 Å². The predicted octanol–water partition coefficient (Wildman–Crippen LogP) is 6.71. The summed E-state index contributed by atoms with van der Waals surface area (Å²) in [4.78, 5) is 8.58. The van der Waals surface area contributed by atoms with Gasteiger partial charge in [0.15, 0.2) is 0 Å². The maximum atomic E-state index is 8.58. The van der Waals surface area contributed by atoms with Crippen molar-refractivity contribution < 1.29 is 4.79 Å². The van der Waals surface area contributed by atoms with Crippen LogP contribution in [-0.4, -0.2) is 37.4 Å². The quantitative estimate of drug-likeness (QED) is 0.0334. The van der Waals surface area contributed by atoms with Crippen molar-refractivity contribution >= 4 is 12.2 Å². The SMILES string of the molecule is C=CNC(CC)C(=C)C(=C)NC[C@H](C(=N)N)c1ccccc1.C=CNCCCC(C)C(N)C1CCCCC1.NC=O.c1ccccc1. The summed E-state index contributed by atoms with van der Waals surface area (Å²) in [7, 11) is 0. The molecule has 0 radical (unpaired) electrons. The van der Waals surface area contributed by atoms with E-state index in [1.165, 1.54) is 44.9 Å². The smallest absolute Gasteiger partial charge is 0.204 e. The van der Waals surface area contributed by atoms with Crippen LogP contribution in [0, 0.1) is 17.2 Å². The highest BCUT2D eigenvalue weighted by molar-refractivity contribution is 5.84. The van der Waals surface area contributed by atoms with Crippen LogP contribution in [0.15, 0.2) is 117 Å². The average molecular weight is 646 g/mol. The van der Waals surface area contributed by atoms with Gasteiger partial charge in [0.25, 0.3) is 0 Å². The van der Waals surface area contributed by atoms with Crippen LogP contribution < -0.4 is 33.2 Å². The number of nitrogens with two attached hydrogens (primary N) is 3. The molecular formula is C39H63N7O. The second kappa shape index (κ2) is 28.0. The topological polar surface area (TPSA) is 155 Å². The van der Waals surface area contributed by atoms with Gasteiger partial charge in [0, 0.05) is 24.8 Å². The molecule has 3 rings (SSSR count). The fourth-order valence-corrected chi connectivity index (χ4v) is 5.44. The molecule has 3 unspecified atom stereocenters. The third kappa shape index (κ3) is 19.7. The molecule has 0 aliphatic heterocycles. The minimum Gasteiger partial charge on any atom is -0.391 e. The van der Waals surface area contributed by atoms with E-state index in [1.54, 1.807) is 12.4 Å². The lowest BCUT2D eigenvalue weighted by molar-refractivity contribution is -0.106. The first-order chi connectivity index (χ1) is 22.7. The Morgan fingerprint density at radius 3 is 1.98 bits per heavy atom. The Bertz CT molecular complexity index is 1090. The number of carbonyl (C=O) groups excluding carboxylic acids is 1. The number of primary amides is 1. The van der Waals surface area contributed by atoms with Crippen molar-refractivity contribution in [2.75, 3.05) is 13.1 Å². The standard InChI is InChI=1S/C18H26N4.C14H28N2.C6H6.CH3NO/c1-5-17(21-6-2)13(3)14(4)22-12-16(18(19)20)15-10-8-7-9-11-15;1-3-16-11-7-8-12(2)14(15)13-9-5-4-6-10-13;1-2-4-6-5-3-1;2-1-3/h6-11,16-17,21-22H,2-5,12H2,1H3,(H3,19,20);3,12-14,16H,1,4-11,15H2,2H3;1-6H;1H,(H2,2,3)/t16-,17?;;;/m0.../s1. The van der Waals surface area contributed by atoms with Crippen molar-refractivity contribution in [3.8, 4) is 0 Å². The largest absolute Gasteiger partial charge is 0.391 e. The summed E-state index contributed by atoms with van der Waals surface area (Å²) in [6.07, 6.45) is 13.9. The zero-order chi connectivity index (χ0) is 35.3. The molecule has 1 fully saturated rings. The summed E-state index contributed by atoms with van der Waals surface area (Å²) >= 11 is 0. The Balaban J connectivity index is 0.000000730. The maximum Gasteiger partial charge on any atom is 0.204 e. The lowest BCUT2D eigenvalue weighted by Gasteiger charge is -2.31. The van der Waals surface area contributed by atoms with Gasteiger partial charge in [-0.25, -0.2) is 0 Å². The molecule has 2 aromatic rings. The first-order valence-corrected chi connectivity index (χ1v) is 16.8. The third-order valence-electron chi connectivity index (χ3n) is 8.28. The number of hydrogen-bond donors (Lipinski definition) is 7. The molecule has 47 heavy (non-hydrogen) atoms. The molecule has 0 heterocycles. The summed E-state index contributed by atoms with van der Waals surface area (Å²) in [5.74, 6) is 1.40. The van der Waals surface area contributed by atoms with E-state index in [0.29, 0.717) is 18.5 Å². The normalized spacial score (nSPS) is 14.5. The highest BCUT2D eigenvalue weighted by Gasteiger charge is 2.24. The molecule has 0 spiro atoms. The molecule has 0 saturated heterocycles. The summed E-state index contributed by atoms with van der Waals surface area (Å²) in [6, 6.07) is 22.3. The molecule has 0 bridgehead atoms. The van der Waals surface area contributed by atoms with E-state index in [0.717, 1.165) is 35.7 Å². The Hall–Kier alpha value is -4.30. The fourth-order valence-electron chi connectivity index (χ4n) is 5.44. The molecule has 1 aliphatic rings. The Morgan fingerprint density at radius 1 is 0.979 bits per heavy atom. The first kappa shape index (κ1) is 42.7. The Kier molecular flexibility index (Phi) is 25.4. The van der Waals surface area contributed by atoms with E-state index in [9.17, 15) is 0 Å². The lowest BCUT2D eigenvalue weighted by atomic mass is 9.78. The minimum absolute atomic E-state index is 0.102. The van der Waals surface area contributed by atoms with Crippen molar-refractivity contribution in [1.29, 1.82) is 5.41 Å². The monoisotopic (exact) mass is 646 g/mol. The molecule has 8 heteroatoms. The minimum atomic E-state index is -0.182. The summed E-state index contributed by atoms with van der Waals surface area (Å²) < 4.78 is 0. The highest BCUT2D eigenvalue weighted by Crippen LogP contribution is 2.29. The Labute approximate surface area is 285 Å². The highest BCUT2D eigenvalue weighted by atomic mass is 16.1. The summed E-state index contributed by atoms with van der Waals surface area (Å²) in [5, 5.41) is 17.3. The van der Waals surface area contributed by atoms with Crippen molar-refractivity contribution in [2.24, 2.45) is 29.0 Å². The summed E-state index contributed by atoms with van der Waals surface area (Å²) in [5.41, 5.74) is 18.9. The molecule has 260 valence electrons. The van der Waals surface area contributed by atoms with E-state index in [-0.39, 0.29) is 24.2 Å². The maximum absolute atomic E-state index is 8.58. The molecular weight excluding hydrogens is 582 g/mol. The molecule has 1 amide bonds. The number of hydrogen-bond acceptors (Lipinski definition) is 6. The molecule has 10 N–H and O–H groups in total. The zero-order valence-corrected chi connectivity index (χ0v) is 29.0. The van der Waals surface area contributed by atoms with Crippen LogP contribution in [0.3, 0.4) is 0 Å². The van der Waals surface area contributed by atoms with Crippen LogP contribution in [-0.2, 0) is 4.79 Å². The Morgan fingerprint density at radius 2 is 1.51 bits per heavy atom. The lowest BCUT2D eigenvalue weighted by Crippen LogP contribution is -2.37. The molecule has 4 atom stereocenters. The van der Waals surface area contributed by atoms with E-state index in [2.05, 4.69) is 61.8 Å².